The summed E-state index contributed by atoms with van der Waals surface area (Å²) in [6, 6.07) is 14.7. The normalized spacial score (nSPS) is 11.3. The molecule has 6 nitrogen and oxygen atoms in total. The second-order valence-corrected chi connectivity index (χ2v) is 8.15. The highest BCUT2D eigenvalue weighted by molar-refractivity contribution is 7.14. The number of nitrogens with zero attached hydrogens (tertiary/aromatic N) is 1. The number of halogens is 3. The van der Waals surface area contributed by atoms with E-state index in [-0.39, 0.29) is 12.5 Å². The maximum atomic E-state index is 12.9. The minimum absolute atomic E-state index is 0.173. The monoisotopic (exact) mass is 485 g/mol. The van der Waals surface area contributed by atoms with Crippen molar-refractivity contribution in [2.75, 3.05) is 5.32 Å². The third-order valence-electron chi connectivity index (χ3n) is 4.85. The Morgan fingerprint density at radius 1 is 1.03 bits per heavy atom. The van der Waals surface area contributed by atoms with Crippen LogP contribution in [0.4, 0.5) is 18.3 Å². The third-order valence-corrected chi connectivity index (χ3v) is 5.60. The van der Waals surface area contributed by atoms with Crippen molar-refractivity contribution < 1.29 is 27.2 Å². The summed E-state index contributed by atoms with van der Waals surface area (Å²) in [6.45, 7) is 1.67. The zero-order valence-corrected chi connectivity index (χ0v) is 18.6. The quantitative estimate of drug-likeness (QED) is 0.352. The van der Waals surface area contributed by atoms with Gasteiger partial charge in [-0.1, -0.05) is 30.3 Å². The van der Waals surface area contributed by atoms with Crippen LogP contribution in [-0.4, -0.2) is 16.8 Å². The molecule has 0 unspecified atom stereocenters. The predicted octanol–water partition coefficient (Wildman–Crippen LogP) is 5.98. The predicted molar refractivity (Wildman–Crippen MR) is 122 cm³/mol. The molecule has 0 spiro atoms. The second-order valence-electron chi connectivity index (χ2n) is 7.29. The summed E-state index contributed by atoms with van der Waals surface area (Å²) in [6.07, 6.45) is -4.43. The minimum atomic E-state index is -4.43. The van der Waals surface area contributed by atoms with Crippen LogP contribution in [0.1, 0.15) is 28.6 Å². The van der Waals surface area contributed by atoms with Crippen LogP contribution in [0.5, 0.6) is 0 Å². The van der Waals surface area contributed by atoms with Crippen molar-refractivity contribution in [1.29, 1.82) is 0 Å². The van der Waals surface area contributed by atoms with Gasteiger partial charge in [-0.25, -0.2) is 4.98 Å². The van der Waals surface area contributed by atoms with Crippen LogP contribution in [0.3, 0.4) is 0 Å². The number of rotatable bonds is 6. The first-order chi connectivity index (χ1) is 16.2. The topological polar surface area (TPSA) is 84.2 Å². The molecule has 2 aromatic heterocycles. The summed E-state index contributed by atoms with van der Waals surface area (Å²) in [4.78, 5) is 28.4. The number of furan rings is 1. The fraction of sp³-hybridized carbons (Fsp3) is 0.125. The van der Waals surface area contributed by atoms with Gasteiger partial charge < -0.3 is 9.73 Å². The van der Waals surface area contributed by atoms with Gasteiger partial charge in [-0.2, -0.15) is 13.2 Å². The Balaban J connectivity index is 1.50. The molecule has 0 saturated carbocycles. The largest absolute Gasteiger partial charge is 0.458 e. The number of nitrogens with one attached hydrogen (secondary N) is 2. The lowest BCUT2D eigenvalue weighted by atomic mass is 9.98. The fourth-order valence-electron chi connectivity index (χ4n) is 3.20. The van der Waals surface area contributed by atoms with Crippen molar-refractivity contribution in [3.05, 3.63) is 82.9 Å². The maximum absolute atomic E-state index is 12.9. The number of benzene rings is 2. The van der Waals surface area contributed by atoms with Gasteiger partial charge in [-0.3, -0.25) is 14.9 Å². The fourth-order valence-corrected chi connectivity index (χ4v) is 3.90. The molecule has 2 N–H and O–H groups in total. The molecule has 0 fully saturated rings. The van der Waals surface area contributed by atoms with Crippen LogP contribution < -0.4 is 10.6 Å². The zero-order valence-electron chi connectivity index (χ0n) is 17.8. The van der Waals surface area contributed by atoms with Gasteiger partial charge in [0.15, 0.2) is 10.9 Å². The van der Waals surface area contributed by atoms with E-state index in [0.29, 0.717) is 39.0 Å². The molecule has 2 heterocycles. The highest BCUT2D eigenvalue weighted by atomic mass is 32.1. The molecule has 34 heavy (non-hydrogen) atoms. The molecule has 2 aromatic carbocycles. The molecule has 0 aliphatic carbocycles. The van der Waals surface area contributed by atoms with Crippen LogP contribution in [0.25, 0.3) is 22.6 Å². The molecule has 4 rings (SSSR count). The Morgan fingerprint density at radius 3 is 2.47 bits per heavy atom. The smallest absolute Gasteiger partial charge is 0.416 e. The SMILES string of the molecule is CC(=O)NCc1ccc(-c2csc(NC(=O)c3ccccc3-c3ccc(C(F)(F)F)cc3)n2)o1. The highest BCUT2D eigenvalue weighted by Crippen LogP contribution is 2.32. The number of aromatic nitrogens is 1. The van der Waals surface area contributed by atoms with Gasteiger partial charge in [0.2, 0.25) is 5.91 Å². The minimum Gasteiger partial charge on any atom is -0.458 e. The summed E-state index contributed by atoms with van der Waals surface area (Å²) >= 11 is 1.20. The van der Waals surface area contributed by atoms with Crippen LogP contribution in [0.2, 0.25) is 0 Å². The van der Waals surface area contributed by atoms with Gasteiger partial charge in [-0.15, -0.1) is 11.3 Å². The van der Waals surface area contributed by atoms with E-state index in [1.165, 1.54) is 30.4 Å². The Morgan fingerprint density at radius 2 is 1.76 bits per heavy atom. The summed E-state index contributed by atoms with van der Waals surface area (Å²) in [5.74, 6) is 0.437. The maximum Gasteiger partial charge on any atom is 0.416 e. The number of hydrogen-bond acceptors (Lipinski definition) is 5. The highest BCUT2D eigenvalue weighted by Gasteiger charge is 2.30. The lowest BCUT2D eigenvalue weighted by Crippen LogP contribution is -2.18. The van der Waals surface area contributed by atoms with Crippen molar-refractivity contribution in [2.24, 2.45) is 0 Å². The van der Waals surface area contributed by atoms with E-state index in [2.05, 4.69) is 15.6 Å². The van der Waals surface area contributed by atoms with E-state index >= 15 is 0 Å². The number of carbonyl (C=O) groups excluding carboxylic acids is 2. The van der Waals surface area contributed by atoms with Crippen molar-refractivity contribution in [3.8, 4) is 22.6 Å². The Hall–Kier alpha value is -3.92. The summed E-state index contributed by atoms with van der Waals surface area (Å²) in [5.41, 5.74) is 1.05. The molecular formula is C24H18F3N3O3S. The van der Waals surface area contributed by atoms with E-state index < -0.39 is 17.6 Å². The lowest BCUT2D eigenvalue weighted by molar-refractivity contribution is -0.137. The van der Waals surface area contributed by atoms with Gasteiger partial charge in [0, 0.05) is 17.9 Å². The molecule has 2 amide bonds. The van der Waals surface area contributed by atoms with Crippen LogP contribution in [-0.2, 0) is 17.5 Å². The molecule has 0 aliphatic rings. The number of carbonyl (C=O) groups is 2. The Labute approximate surface area is 196 Å². The van der Waals surface area contributed by atoms with Crippen LogP contribution >= 0.6 is 11.3 Å². The summed E-state index contributed by atoms with van der Waals surface area (Å²) < 4.78 is 44.3. The number of amides is 2. The van der Waals surface area contributed by atoms with Gasteiger partial charge in [0.1, 0.15) is 11.5 Å². The van der Waals surface area contributed by atoms with Crippen LogP contribution in [0, 0.1) is 0 Å². The van der Waals surface area contributed by atoms with E-state index in [0.717, 1.165) is 12.1 Å². The molecule has 0 saturated heterocycles. The Bertz CT molecular complexity index is 1330. The average Bonchev–Trinajstić information content (AvgIpc) is 3.47. The number of thiazole rings is 1. The van der Waals surface area contributed by atoms with Gasteiger partial charge in [0.05, 0.1) is 12.1 Å². The first-order valence-electron chi connectivity index (χ1n) is 10.1. The first kappa shape index (κ1) is 23.2. The average molecular weight is 485 g/mol. The van der Waals surface area contributed by atoms with E-state index in [1.807, 2.05) is 0 Å². The van der Waals surface area contributed by atoms with E-state index in [9.17, 15) is 22.8 Å². The number of anilines is 1. The Kier molecular flexibility index (Phi) is 6.51. The zero-order chi connectivity index (χ0) is 24.3. The third kappa shape index (κ3) is 5.34. The van der Waals surface area contributed by atoms with Crippen molar-refractivity contribution in [2.45, 2.75) is 19.6 Å². The van der Waals surface area contributed by atoms with Crippen molar-refractivity contribution in [1.82, 2.24) is 10.3 Å². The lowest BCUT2D eigenvalue weighted by Gasteiger charge is -2.11. The van der Waals surface area contributed by atoms with Crippen molar-refractivity contribution >= 4 is 28.3 Å². The molecule has 0 aliphatic heterocycles. The van der Waals surface area contributed by atoms with E-state index in [1.54, 1.807) is 41.8 Å². The summed E-state index contributed by atoms with van der Waals surface area (Å²) in [5, 5.41) is 7.43. The molecule has 0 atom stereocenters. The van der Waals surface area contributed by atoms with Crippen molar-refractivity contribution in [3.63, 3.8) is 0 Å². The molecule has 4 aromatic rings. The van der Waals surface area contributed by atoms with Gasteiger partial charge in [-0.05, 0) is 41.5 Å². The summed E-state index contributed by atoms with van der Waals surface area (Å²) in [7, 11) is 0. The first-order valence-corrected chi connectivity index (χ1v) is 11.0. The second kappa shape index (κ2) is 9.52. The van der Waals surface area contributed by atoms with Gasteiger partial charge >= 0.3 is 6.18 Å². The molecule has 10 heteroatoms. The molecule has 174 valence electrons. The molecule has 0 radical (unpaired) electrons. The number of hydrogen-bond donors (Lipinski definition) is 2. The standard InChI is InChI=1S/C24H18F3N3O3S/c1-14(31)28-12-17-10-11-21(33-17)20-13-34-23(29-20)30-22(32)19-5-3-2-4-18(19)15-6-8-16(9-7-15)24(25,26)27/h2-11,13H,12H2,1H3,(H,28,31)(H,29,30,32). The van der Waals surface area contributed by atoms with E-state index in [4.69, 9.17) is 4.42 Å². The number of alkyl halides is 3. The molecular weight excluding hydrogens is 467 g/mol. The molecule has 0 bridgehead atoms. The van der Waals surface area contributed by atoms with Gasteiger partial charge in [0.25, 0.3) is 5.91 Å². The van der Waals surface area contributed by atoms with Crippen LogP contribution in [0.15, 0.2) is 70.5 Å².